The van der Waals surface area contributed by atoms with Gasteiger partial charge in [0.25, 0.3) is 0 Å². The van der Waals surface area contributed by atoms with Gasteiger partial charge in [0.2, 0.25) is 6.16 Å². The summed E-state index contributed by atoms with van der Waals surface area (Å²) in [5.74, 6) is 0. The van der Waals surface area contributed by atoms with Crippen molar-refractivity contribution in [3.63, 3.8) is 0 Å². The Morgan fingerprint density at radius 2 is 1.40 bits per heavy atom. The first-order chi connectivity index (χ1) is 4.73. The molecule has 0 spiro atoms. The summed E-state index contributed by atoms with van der Waals surface area (Å²) in [5.41, 5.74) is 0. The quantitative estimate of drug-likeness (QED) is 0.474. The van der Waals surface area contributed by atoms with Gasteiger partial charge in [0.15, 0.2) is 0 Å². The number of ether oxygens (including phenoxy) is 2. The zero-order chi connectivity index (χ0) is 7.82. The van der Waals surface area contributed by atoms with E-state index >= 15 is 0 Å². The molecule has 0 unspecified atom stereocenters. The molecule has 1 rings (SSSR count). The van der Waals surface area contributed by atoms with Gasteiger partial charge in [0.05, 0.1) is 26.4 Å². The minimum atomic E-state index is -2.08. The number of carboxylic acid groups (broad SMARTS) is 2. The standard InChI is InChI=1S/C4H8O2.CH2O3/c1-2-6-4-3-5-1;2-1(3)4/h1-4H2;(H2,2,3,4)/p-1. The topological polar surface area (TPSA) is 78.8 Å². The molecule has 0 aliphatic carbocycles. The van der Waals surface area contributed by atoms with E-state index in [2.05, 4.69) is 0 Å². The largest absolute Gasteiger partial charge is 0.565 e. The lowest BCUT2D eigenvalue weighted by atomic mass is 10.6. The highest BCUT2D eigenvalue weighted by molar-refractivity contribution is 5.50. The third-order valence-corrected chi connectivity index (χ3v) is 0.744. The summed E-state index contributed by atoms with van der Waals surface area (Å²) in [7, 11) is 0. The Kier molecular flexibility index (Phi) is 5.80. The van der Waals surface area contributed by atoms with Crippen molar-refractivity contribution >= 4 is 6.16 Å². The molecule has 0 atom stereocenters. The molecule has 0 saturated carbocycles. The highest BCUT2D eigenvalue weighted by Crippen LogP contribution is 1.85. The molecule has 60 valence electrons. The summed E-state index contributed by atoms with van der Waals surface area (Å²) in [5, 5.41) is 15.3. The molecule has 5 heteroatoms. The van der Waals surface area contributed by atoms with Gasteiger partial charge < -0.3 is 24.5 Å². The van der Waals surface area contributed by atoms with E-state index in [0.717, 1.165) is 26.4 Å². The minimum absolute atomic E-state index is 0.778. The summed E-state index contributed by atoms with van der Waals surface area (Å²) >= 11 is 0. The molecule has 1 N–H and O–H groups in total. The SMILES string of the molecule is C1COCCO1.O=C([O-])O. The highest BCUT2D eigenvalue weighted by Gasteiger charge is 1.94. The zero-order valence-electron chi connectivity index (χ0n) is 5.41. The van der Waals surface area contributed by atoms with Gasteiger partial charge in [0, 0.05) is 0 Å². The second kappa shape index (κ2) is 6.31. The van der Waals surface area contributed by atoms with Gasteiger partial charge in [-0.1, -0.05) is 0 Å². The molecule has 1 fully saturated rings. The highest BCUT2D eigenvalue weighted by atomic mass is 16.6. The maximum absolute atomic E-state index is 8.44. The Bertz CT molecular complexity index is 72.5. The summed E-state index contributed by atoms with van der Waals surface area (Å²) in [6.07, 6.45) is -2.08. The van der Waals surface area contributed by atoms with Crippen LogP contribution in [0.4, 0.5) is 4.79 Å². The van der Waals surface area contributed by atoms with Crippen molar-refractivity contribution in [3.05, 3.63) is 0 Å². The molecule has 1 aliphatic heterocycles. The monoisotopic (exact) mass is 149 g/mol. The molecule has 1 aliphatic rings. The Hall–Kier alpha value is -0.810. The van der Waals surface area contributed by atoms with Crippen molar-refractivity contribution in [3.8, 4) is 0 Å². The van der Waals surface area contributed by atoms with E-state index in [1.54, 1.807) is 0 Å². The molecular formula is C5H9O5-. The summed E-state index contributed by atoms with van der Waals surface area (Å²) in [6, 6.07) is 0. The van der Waals surface area contributed by atoms with Gasteiger partial charge in [-0.2, -0.15) is 0 Å². The van der Waals surface area contributed by atoms with E-state index < -0.39 is 6.16 Å². The first-order valence-corrected chi connectivity index (χ1v) is 2.79. The van der Waals surface area contributed by atoms with Crippen LogP contribution in [0.1, 0.15) is 0 Å². The van der Waals surface area contributed by atoms with E-state index in [4.69, 9.17) is 24.5 Å². The first kappa shape index (κ1) is 9.19. The van der Waals surface area contributed by atoms with Gasteiger partial charge >= 0.3 is 0 Å². The maximum atomic E-state index is 8.44. The van der Waals surface area contributed by atoms with Gasteiger partial charge in [-0.3, -0.25) is 0 Å². The van der Waals surface area contributed by atoms with E-state index in [1.807, 2.05) is 0 Å². The van der Waals surface area contributed by atoms with Crippen molar-refractivity contribution in [1.29, 1.82) is 0 Å². The van der Waals surface area contributed by atoms with E-state index in [0.29, 0.717) is 0 Å². The van der Waals surface area contributed by atoms with Gasteiger partial charge in [-0.25, -0.2) is 0 Å². The molecule has 0 amide bonds. The average molecular weight is 149 g/mol. The Labute approximate surface area is 58.2 Å². The van der Waals surface area contributed by atoms with Crippen LogP contribution in [0.15, 0.2) is 0 Å². The van der Waals surface area contributed by atoms with Crippen molar-refractivity contribution in [2.24, 2.45) is 0 Å². The molecule has 0 aromatic heterocycles. The number of rotatable bonds is 0. The van der Waals surface area contributed by atoms with E-state index in [9.17, 15) is 0 Å². The molecule has 0 radical (unpaired) electrons. The van der Waals surface area contributed by atoms with Crippen molar-refractivity contribution < 1.29 is 24.5 Å². The Morgan fingerprint density at radius 1 is 1.20 bits per heavy atom. The minimum Gasteiger partial charge on any atom is -0.565 e. The third kappa shape index (κ3) is 10.2. The van der Waals surface area contributed by atoms with Crippen LogP contribution in [0.3, 0.4) is 0 Å². The van der Waals surface area contributed by atoms with Crippen LogP contribution >= 0.6 is 0 Å². The van der Waals surface area contributed by atoms with Crippen molar-refractivity contribution in [2.45, 2.75) is 0 Å². The van der Waals surface area contributed by atoms with E-state index in [1.165, 1.54) is 0 Å². The Balaban J connectivity index is 0.000000180. The van der Waals surface area contributed by atoms with Crippen LogP contribution in [0.2, 0.25) is 0 Å². The van der Waals surface area contributed by atoms with E-state index in [-0.39, 0.29) is 0 Å². The first-order valence-electron chi connectivity index (χ1n) is 2.79. The maximum Gasteiger partial charge on any atom is 0.249 e. The van der Waals surface area contributed by atoms with Crippen LogP contribution in [-0.2, 0) is 9.47 Å². The second-order valence-corrected chi connectivity index (χ2v) is 1.49. The lowest BCUT2D eigenvalue weighted by molar-refractivity contribution is -0.275. The van der Waals surface area contributed by atoms with Gasteiger partial charge in [-0.05, 0) is 0 Å². The molecule has 0 aromatic rings. The van der Waals surface area contributed by atoms with Crippen molar-refractivity contribution in [1.82, 2.24) is 0 Å². The smallest absolute Gasteiger partial charge is 0.249 e. The molecule has 0 aromatic carbocycles. The van der Waals surface area contributed by atoms with Crippen LogP contribution < -0.4 is 5.11 Å². The fourth-order valence-corrected chi connectivity index (χ4v) is 0.440. The predicted octanol–water partition coefficient (Wildman–Crippen LogP) is -1.08. The average Bonchev–Trinajstić information content (AvgIpc) is 1.90. The lowest BCUT2D eigenvalue weighted by Crippen LogP contribution is -2.17. The summed E-state index contributed by atoms with van der Waals surface area (Å²) in [6.45, 7) is 3.11. The third-order valence-electron chi connectivity index (χ3n) is 0.744. The zero-order valence-corrected chi connectivity index (χ0v) is 5.41. The van der Waals surface area contributed by atoms with Crippen LogP contribution in [0.25, 0.3) is 0 Å². The summed E-state index contributed by atoms with van der Waals surface area (Å²) in [4.78, 5) is 8.44. The van der Waals surface area contributed by atoms with Crippen LogP contribution in [0.5, 0.6) is 0 Å². The normalized spacial score (nSPS) is 16.8. The lowest BCUT2D eigenvalue weighted by Gasteiger charge is -2.09. The summed E-state index contributed by atoms with van der Waals surface area (Å²) < 4.78 is 9.89. The number of hydrogen-bond acceptors (Lipinski definition) is 4. The molecular weight excluding hydrogens is 140 g/mol. The molecule has 0 bridgehead atoms. The Morgan fingerprint density at radius 3 is 1.50 bits per heavy atom. The van der Waals surface area contributed by atoms with Crippen LogP contribution in [-0.4, -0.2) is 37.7 Å². The molecule has 10 heavy (non-hydrogen) atoms. The fourth-order valence-electron chi connectivity index (χ4n) is 0.440. The van der Waals surface area contributed by atoms with Crippen LogP contribution in [0, 0.1) is 0 Å². The number of hydrogen-bond donors (Lipinski definition) is 1. The van der Waals surface area contributed by atoms with Crippen molar-refractivity contribution in [2.75, 3.05) is 26.4 Å². The number of carbonyl (C=O) groups is 1. The molecule has 5 nitrogen and oxygen atoms in total. The van der Waals surface area contributed by atoms with Gasteiger partial charge in [0.1, 0.15) is 0 Å². The second-order valence-electron chi connectivity index (χ2n) is 1.49. The molecule has 1 heterocycles. The fraction of sp³-hybridized carbons (Fsp3) is 0.800. The molecule has 1 saturated heterocycles. The predicted molar refractivity (Wildman–Crippen MR) is 29.7 cm³/mol. The van der Waals surface area contributed by atoms with Gasteiger partial charge in [-0.15, -0.1) is 0 Å².